The number of amides is 1. The van der Waals surface area contributed by atoms with Crippen molar-refractivity contribution < 1.29 is 4.79 Å². The first-order chi connectivity index (χ1) is 11.3. The summed E-state index contributed by atoms with van der Waals surface area (Å²) in [5.41, 5.74) is 1.57. The van der Waals surface area contributed by atoms with E-state index in [0.29, 0.717) is 0 Å². The number of piperidine rings is 1. The van der Waals surface area contributed by atoms with Crippen LogP contribution in [0.25, 0.3) is 0 Å². The molecular weight excluding hydrogens is 286 g/mol. The van der Waals surface area contributed by atoms with Crippen LogP contribution in [0.3, 0.4) is 0 Å². The molecule has 23 heavy (non-hydrogen) atoms. The van der Waals surface area contributed by atoms with Crippen molar-refractivity contribution in [1.29, 1.82) is 5.26 Å². The zero-order valence-corrected chi connectivity index (χ0v) is 13.6. The molecule has 0 aromatic heterocycles. The lowest BCUT2D eigenvalue weighted by Gasteiger charge is -2.26. The number of carbonyl (C=O) groups excluding carboxylic acids is 1. The van der Waals surface area contributed by atoms with Crippen molar-refractivity contribution in [2.45, 2.75) is 38.5 Å². The Kier molecular flexibility index (Phi) is 7.19. The van der Waals surface area contributed by atoms with E-state index in [1.807, 2.05) is 12.1 Å². The number of unbranched alkanes of at least 4 members (excludes halogenated alkanes) is 1. The van der Waals surface area contributed by atoms with Crippen LogP contribution in [0.15, 0.2) is 42.1 Å². The van der Waals surface area contributed by atoms with Crippen molar-refractivity contribution >= 4 is 5.91 Å². The van der Waals surface area contributed by atoms with E-state index in [0.717, 1.165) is 51.7 Å². The molecular formula is C19H25N3O. The third-order valence-electron chi connectivity index (χ3n) is 4.12. The maximum atomic E-state index is 12.2. The highest BCUT2D eigenvalue weighted by Gasteiger charge is 2.19. The summed E-state index contributed by atoms with van der Waals surface area (Å²) >= 11 is 0. The Hall–Kier alpha value is -2.28. The normalized spacial score (nSPS) is 15.1. The number of hydrogen-bond acceptors (Lipinski definition) is 3. The number of nitrogens with zero attached hydrogens (tertiary/aromatic N) is 2. The molecule has 1 N–H and O–H groups in total. The zero-order chi connectivity index (χ0) is 16.3. The Morgan fingerprint density at radius 3 is 2.61 bits per heavy atom. The molecule has 0 saturated carbocycles. The monoisotopic (exact) mass is 311 g/mol. The fourth-order valence-electron chi connectivity index (χ4n) is 2.78. The Morgan fingerprint density at radius 1 is 1.17 bits per heavy atom. The lowest BCUT2D eigenvalue weighted by molar-refractivity contribution is -0.127. The molecule has 1 fully saturated rings. The van der Waals surface area contributed by atoms with E-state index in [1.165, 1.54) is 12.0 Å². The largest absolute Gasteiger partial charge is 0.390 e. The van der Waals surface area contributed by atoms with E-state index in [1.54, 1.807) is 11.1 Å². The van der Waals surface area contributed by atoms with Gasteiger partial charge in [-0.1, -0.05) is 30.3 Å². The Morgan fingerprint density at radius 2 is 1.91 bits per heavy atom. The van der Waals surface area contributed by atoms with Gasteiger partial charge in [-0.05, 0) is 44.1 Å². The highest BCUT2D eigenvalue weighted by Crippen LogP contribution is 2.11. The van der Waals surface area contributed by atoms with Crippen molar-refractivity contribution in [3.05, 3.63) is 47.7 Å². The molecule has 0 spiro atoms. The van der Waals surface area contributed by atoms with E-state index in [4.69, 9.17) is 0 Å². The third-order valence-corrected chi connectivity index (χ3v) is 4.12. The fraction of sp³-hybridized carbons (Fsp3) is 0.474. The molecule has 122 valence electrons. The molecule has 4 nitrogen and oxygen atoms in total. The number of likely N-dealkylation sites (tertiary alicyclic amines) is 1. The molecule has 0 radical (unpaired) electrons. The Labute approximate surface area is 138 Å². The van der Waals surface area contributed by atoms with Crippen molar-refractivity contribution in [2.75, 3.05) is 19.6 Å². The van der Waals surface area contributed by atoms with Gasteiger partial charge in [0.25, 0.3) is 5.91 Å². The Balaban J connectivity index is 1.68. The average Bonchev–Trinajstić information content (AvgIpc) is 2.62. The van der Waals surface area contributed by atoms with Crippen LogP contribution >= 0.6 is 0 Å². The molecule has 1 saturated heterocycles. The molecule has 0 bridgehead atoms. The molecule has 1 aromatic carbocycles. The highest BCUT2D eigenvalue weighted by molar-refractivity contribution is 5.97. The summed E-state index contributed by atoms with van der Waals surface area (Å²) in [5, 5.41) is 12.3. The fourth-order valence-corrected chi connectivity index (χ4v) is 2.78. The summed E-state index contributed by atoms with van der Waals surface area (Å²) in [5.74, 6) is -0.135. The summed E-state index contributed by atoms with van der Waals surface area (Å²) in [4.78, 5) is 14.0. The van der Waals surface area contributed by atoms with Crippen molar-refractivity contribution in [1.82, 2.24) is 10.2 Å². The Bertz CT molecular complexity index is 554. The van der Waals surface area contributed by atoms with Crippen LogP contribution < -0.4 is 5.32 Å². The molecule has 1 amide bonds. The van der Waals surface area contributed by atoms with Crippen molar-refractivity contribution in [3.8, 4) is 6.07 Å². The SMILES string of the molecule is N#C/C(=C/NCCCCc1ccccc1)C(=O)N1CCCCC1. The predicted octanol–water partition coefficient (Wildman–Crippen LogP) is 3.02. The van der Waals surface area contributed by atoms with Gasteiger partial charge in [0.15, 0.2) is 0 Å². The molecule has 0 atom stereocenters. The third kappa shape index (κ3) is 5.78. The highest BCUT2D eigenvalue weighted by atomic mass is 16.2. The zero-order valence-electron chi connectivity index (χ0n) is 13.6. The van der Waals surface area contributed by atoms with Crippen LogP contribution in [-0.4, -0.2) is 30.4 Å². The van der Waals surface area contributed by atoms with Gasteiger partial charge < -0.3 is 10.2 Å². The van der Waals surface area contributed by atoms with Crippen LogP contribution in [0, 0.1) is 11.3 Å². The maximum Gasteiger partial charge on any atom is 0.265 e. The first-order valence-electron chi connectivity index (χ1n) is 8.48. The lowest BCUT2D eigenvalue weighted by atomic mass is 10.1. The van der Waals surface area contributed by atoms with Crippen LogP contribution in [0.1, 0.15) is 37.7 Å². The topological polar surface area (TPSA) is 56.1 Å². The second-order valence-corrected chi connectivity index (χ2v) is 5.92. The summed E-state index contributed by atoms with van der Waals surface area (Å²) < 4.78 is 0. The number of carbonyl (C=O) groups is 1. The van der Waals surface area contributed by atoms with E-state index >= 15 is 0 Å². The minimum atomic E-state index is -0.135. The van der Waals surface area contributed by atoms with Gasteiger partial charge in [-0.15, -0.1) is 0 Å². The van der Waals surface area contributed by atoms with Gasteiger partial charge >= 0.3 is 0 Å². The number of hydrogen-bond donors (Lipinski definition) is 1. The van der Waals surface area contributed by atoms with E-state index < -0.39 is 0 Å². The second-order valence-electron chi connectivity index (χ2n) is 5.92. The standard InChI is InChI=1S/C19H25N3O/c20-15-18(19(23)22-13-7-2-8-14-22)16-21-12-6-5-11-17-9-3-1-4-10-17/h1,3-4,9-10,16,21H,2,5-8,11-14H2/b18-16-. The van der Waals surface area contributed by atoms with Gasteiger partial charge in [0, 0.05) is 25.8 Å². The number of benzene rings is 1. The van der Waals surface area contributed by atoms with Crippen LogP contribution in [0.4, 0.5) is 0 Å². The molecule has 0 aliphatic carbocycles. The first kappa shape index (κ1) is 17.1. The van der Waals surface area contributed by atoms with Crippen molar-refractivity contribution in [2.24, 2.45) is 0 Å². The summed E-state index contributed by atoms with van der Waals surface area (Å²) in [7, 11) is 0. The summed E-state index contributed by atoms with van der Waals surface area (Å²) in [6.45, 7) is 2.33. The van der Waals surface area contributed by atoms with Crippen molar-refractivity contribution in [3.63, 3.8) is 0 Å². The van der Waals surface area contributed by atoms with Gasteiger partial charge in [-0.25, -0.2) is 0 Å². The molecule has 1 aliphatic rings. The number of rotatable bonds is 7. The molecule has 4 heteroatoms. The minimum absolute atomic E-state index is 0.135. The smallest absolute Gasteiger partial charge is 0.265 e. The molecule has 0 unspecified atom stereocenters. The maximum absolute atomic E-state index is 12.2. The van der Waals surface area contributed by atoms with Gasteiger partial charge in [0.05, 0.1) is 0 Å². The molecule has 1 aliphatic heterocycles. The van der Waals surface area contributed by atoms with E-state index in [2.05, 4.69) is 29.6 Å². The van der Waals surface area contributed by atoms with E-state index in [-0.39, 0.29) is 11.5 Å². The number of nitriles is 1. The molecule has 1 aromatic rings. The summed E-state index contributed by atoms with van der Waals surface area (Å²) in [6.07, 6.45) is 8.00. The molecule has 1 heterocycles. The second kappa shape index (κ2) is 9.68. The number of aryl methyl sites for hydroxylation is 1. The van der Waals surface area contributed by atoms with Gasteiger partial charge in [-0.3, -0.25) is 4.79 Å². The van der Waals surface area contributed by atoms with Gasteiger partial charge in [0.2, 0.25) is 0 Å². The molecule has 2 rings (SSSR count). The lowest BCUT2D eigenvalue weighted by Crippen LogP contribution is -2.36. The summed E-state index contributed by atoms with van der Waals surface area (Å²) in [6, 6.07) is 12.4. The average molecular weight is 311 g/mol. The van der Waals surface area contributed by atoms with Gasteiger partial charge in [0.1, 0.15) is 11.6 Å². The quantitative estimate of drug-likeness (QED) is 0.478. The number of nitrogens with one attached hydrogen (secondary N) is 1. The predicted molar refractivity (Wildman–Crippen MR) is 91.5 cm³/mol. The van der Waals surface area contributed by atoms with E-state index in [9.17, 15) is 10.1 Å². The first-order valence-corrected chi connectivity index (χ1v) is 8.48. The minimum Gasteiger partial charge on any atom is -0.390 e. The van der Waals surface area contributed by atoms with Gasteiger partial charge in [-0.2, -0.15) is 5.26 Å². The van der Waals surface area contributed by atoms with Crippen LogP contribution in [0.5, 0.6) is 0 Å². The van der Waals surface area contributed by atoms with Crippen LogP contribution in [-0.2, 0) is 11.2 Å². The van der Waals surface area contributed by atoms with Crippen LogP contribution in [0.2, 0.25) is 0 Å².